The van der Waals surface area contributed by atoms with Crippen LogP contribution in [0.1, 0.15) is 0 Å². The van der Waals surface area contributed by atoms with E-state index in [0.29, 0.717) is 0 Å². The third kappa shape index (κ3) is 3.63. The quantitative estimate of drug-likeness (QED) is 0.144. The Labute approximate surface area is 275 Å². The number of hydrogen-bond donors (Lipinski definition) is 0. The molecule has 222 valence electrons. The molecular formula is C46H26O2. The number of benzene rings is 9. The van der Waals surface area contributed by atoms with Crippen molar-refractivity contribution < 1.29 is 8.83 Å². The molecule has 2 nitrogen and oxygen atoms in total. The SMILES string of the molecule is c1ccc2cc3c(cc2c1)oc1cccc(-c2ccc4oc5ccc(-c6c7ccccc7cc7c6ccc6ccccc67)cc5c4c2)c13. The fraction of sp³-hybridized carbons (Fsp3) is 0. The average Bonchev–Trinajstić information content (AvgIpc) is 3.69. The van der Waals surface area contributed by atoms with Gasteiger partial charge in [0.2, 0.25) is 0 Å². The molecule has 0 aliphatic heterocycles. The second-order valence-corrected chi connectivity index (χ2v) is 12.9. The predicted octanol–water partition coefficient (Wildman–Crippen LogP) is 13.4. The van der Waals surface area contributed by atoms with Gasteiger partial charge in [0, 0.05) is 21.5 Å². The smallest absolute Gasteiger partial charge is 0.136 e. The normalized spacial score (nSPS) is 12.2. The molecule has 48 heavy (non-hydrogen) atoms. The van der Waals surface area contributed by atoms with E-state index >= 15 is 0 Å². The Kier molecular flexibility index (Phi) is 5.14. The zero-order valence-electron chi connectivity index (χ0n) is 25.8. The molecule has 9 aromatic carbocycles. The van der Waals surface area contributed by atoms with Crippen LogP contribution in [0, 0.1) is 0 Å². The lowest BCUT2D eigenvalue weighted by molar-refractivity contribution is 0.669. The van der Waals surface area contributed by atoms with Gasteiger partial charge in [0.05, 0.1) is 0 Å². The maximum Gasteiger partial charge on any atom is 0.136 e. The number of hydrogen-bond acceptors (Lipinski definition) is 2. The van der Waals surface area contributed by atoms with Crippen LogP contribution < -0.4 is 0 Å². The Morgan fingerprint density at radius 2 is 0.938 bits per heavy atom. The summed E-state index contributed by atoms with van der Waals surface area (Å²) in [6, 6.07) is 56.8. The van der Waals surface area contributed by atoms with E-state index < -0.39 is 0 Å². The highest BCUT2D eigenvalue weighted by molar-refractivity contribution is 6.21. The van der Waals surface area contributed by atoms with Gasteiger partial charge in [-0.1, -0.05) is 109 Å². The maximum atomic E-state index is 6.44. The highest BCUT2D eigenvalue weighted by Crippen LogP contribution is 2.43. The third-order valence-electron chi connectivity index (χ3n) is 10.2. The highest BCUT2D eigenvalue weighted by Gasteiger charge is 2.17. The van der Waals surface area contributed by atoms with Crippen LogP contribution in [0.5, 0.6) is 0 Å². The van der Waals surface area contributed by atoms with Crippen molar-refractivity contribution in [3.63, 3.8) is 0 Å². The molecule has 11 rings (SSSR count). The summed E-state index contributed by atoms with van der Waals surface area (Å²) in [7, 11) is 0. The molecule has 0 atom stereocenters. The van der Waals surface area contributed by atoms with Gasteiger partial charge in [0.25, 0.3) is 0 Å². The van der Waals surface area contributed by atoms with Gasteiger partial charge in [-0.25, -0.2) is 0 Å². The minimum Gasteiger partial charge on any atom is -0.456 e. The van der Waals surface area contributed by atoms with Crippen LogP contribution in [-0.4, -0.2) is 0 Å². The zero-order chi connectivity index (χ0) is 31.3. The lowest BCUT2D eigenvalue weighted by Crippen LogP contribution is -1.87. The van der Waals surface area contributed by atoms with Crippen molar-refractivity contribution in [2.24, 2.45) is 0 Å². The lowest BCUT2D eigenvalue weighted by atomic mass is 9.89. The first-order chi connectivity index (χ1) is 23.8. The maximum absolute atomic E-state index is 6.44. The van der Waals surface area contributed by atoms with E-state index in [9.17, 15) is 0 Å². The highest BCUT2D eigenvalue weighted by atomic mass is 16.3. The molecule has 11 aromatic rings. The van der Waals surface area contributed by atoms with Gasteiger partial charge in [0.15, 0.2) is 0 Å². The van der Waals surface area contributed by atoms with E-state index in [-0.39, 0.29) is 0 Å². The molecular weight excluding hydrogens is 585 g/mol. The van der Waals surface area contributed by atoms with Crippen molar-refractivity contribution in [1.29, 1.82) is 0 Å². The van der Waals surface area contributed by atoms with E-state index in [1.54, 1.807) is 0 Å². The van der Waals surface area contributed by atoms with Gasteiger partial charge in [-0.3, -0.25) is 0 Å². The van der Waals surface area contributed by atoms with Gasteiger partial charge in [0.1, 0.15) is 22.3 Å². The molecule has 2 heterocycles. The standard InChI is InChI=1S/C46H26O2/c1-2-10-29-26-44-40(22-28(29)9-1)46-35(14-7-15-43(46)48-44)31-17-20-41-38(24-31)39-25-32(18-21-42(39)47-41)45-34-13-6-4-11-30(34)23-37-33-12-5-3-8-27(33)16-19-36(37)45/h1-26H. The Morgan fingerprint density at radius 3 is 1.77 bits per heavy atom. The van der Waals surface area contributed by atoms with Gasteiger partial charge < -0.3 is 8.83 Å². The average molecular weight is 611 g/mol. The summed E-state index contributed by atoms with van der Waals surface area (Å²) in [5.41, 5.74) is 8.30. The molecule has 0 fully saturated rings. The van der Waals surface area contributed by atoms with E-state index in [1.165, 1.54) is 54.2 Å². The molecule has 0 bridgehead atoms. The largest absolute Gasteiger partial charge is 0.456 e. The Morgan fingerprint density at radius 1 is 0.292 bits per heavy atom. The molecule has 0 radical (unpaired) electrons. The Bertz CT molecular complexity index is 3120. The van der Waals surface area contributed by atoms with Crippen LogP contribution in [-0.2, 0) is 0 Å². The second kappa shape index (κ2) is 9.57. The first-order valence-corrected chi connectivity index (χ1v) is 16.4. The summed E-state index contributed by atoms with van der Waals surface area (Å²) in [5, 5.41) is 14.4. The first kappa shape index (κ1) is 25.8. The van der Waals surface area contributed by atoms with Crippen LogP contribution in [0.15, 0.2) is 167 Å². The fourth-order valence-electron chi connectivity index (χ4n) is 7.98. The van der Waals surface area contributed by atoms with E-state index in [2.05, 4.69) is 158 Å². The third-order valence-corrected chi connectivity index (χ3v) is 10.2. The van der Waals surface area contributed by atoms with Crippen LogP contribution in [0.4, 0.5) is 0 Å². The summed E-state index contributed by atoms with van der Waals surface area (Å²) in [5.74, 6) is 0. The molecule has 2 aromatic heterocycles. The number of furan rings is 2. The molecule has 0 aliphatic rings. The summed E-state index contributed by atoms with van der Waals surface area (Å²) in [6.07, 6.45) is 0. The van der Waals surface area contributed by atoms with E-state index in [4.69, 9.17) is 8.83 Å². The molecule has 0 saturated carbocycles. The number of rotatable bonds is 2. The Hall–Kier alpha value is -6.38. The second-order valence-electron chi connectivity index (χ2n) is 12.9. The van der Waals surface area contributed by atoms with Gasteiger partial charge in [-0.2, -0.15) is 0 Å². The monoisotopic (exact) mass is 610 g/mol. The molecule has 0 N–H and O–H groups in total. The predicted molar refractivity (Wildman–Crippen MR) is 202 cm³/mol. The molecule has 0 amide bonds. The van der Waals surface area contributed by atoms with Crippen LogP contribution >= 0.6 is 0 Å². The van der Waals surface area contributed by atoms with Crippen molar-refractivity contribution in [1.82, 2.24) is 0 Å². The molecule has 0 saturated heterocycles. The van der Waals surface area contributed by atoms with E-state index in [1.807, 2.05) is 0 Å². The Balaban J connectivity index is 1.16. The summed E-state index contributed by atoms with van der Waals surface area (Å²) in [4.78, 5) is 0. The van der Waals surface area contributed by atoms with Crippen LogP contribution in [0.3, 0.4) is 0 Å². The van der Waals surface area contributed by atoms with Gasteiger partial charge in [-0.15, -0.1) is 0 Å². The van der Waals surface area contributed by atoms with Crippen LogP contribution in [0.25, 0.3) is 109 Å². The van der Waals surface area contributed by atoms with E-state index in [0.717, 1.165) is 55.0 Å². The van der Waals surface area contributed by atoms with Crippen molar-refractivity contribution in [3.05, 3.63) is 158 Å². The lowest BCUT2D eigenvalue weighted by Gasteiger charge is -2.14. The topological polar surface area (TPSA) is 26.3 Å². The van der Waals surface area contributed by atoms with Crippen molar-refractivity contribution in [2.75, 3.05) is 0 Å². The van der Waals surface area contributed by atoms with Gasteiger partial charge >= 0.3 is 0 Å². The fourth-order valence-corrected chi connectivity index (χ4v) is 7.98. The first-order valence-electron chi connectivity index (χ1n) is 16.4. The molecule has 0 aliphatic carbocycles. The molecule has 0 unspecified atom stereocenters. The van der Waals surface area contributed by atoms with Crippen molar-refractivity contribution >= 4 is 87.0 Å². The molecule has 2 heteroatoms. The summed E-state index contributed by atoms with van der Waals surface area (Å²) < 4.78 is 12.8. The van der Waals surface area contributed by atoms with Crippen molar-refractivity contribution in [3.8, 4) is 22.3 Å². The van der Waals surface area contributed by atoms with Crippen LogP contribution in [0.2, 0.25) is 0 Å². The van der Waals surface area contributed by atoms with Gasteiger partial charge in [-0.05, 0) is 114 Å². The molecule has 0 spiro atoms. The summed E-state index contributed by atoms with van der Waals surface area (Å²) in [6.45, 7) is 0. The summed E-state index contributed by atoms with van der Waals surface area (Å²) >= 11 is 0. The number of fused-ring (bicyclic) bond motifs is 11. The minimum absolute atomic E-state index is 0.884. The van der Waals surface area contributed by atoms with Crippen molar-refractivity contribution in [2.45, 2.75) is 0 Å². The zero-order valence-corrected chi connectivity index (χ0v) is 25.8. The minimum atomic E-state index is 0.884.